The second kappa shape index (κ2) is 7.42. The monoisotopic (exact) mass is 314 g/mol. The summed E-state index contributed by atoms with van der Waals surface area (Å²) in [5, 5.41) is 0. The SMILES string of the molecule is CC(=Nc1ccccc1)c1nccnc1C(C)=Nc1ccccc1. The number of aromatic nitrogens is 2. The lowest BCUT2D eigenvalue weighted by atomic mass is 10.1. The quantitative estimate of drug-likeness (QED) is 0.652. The summed E-state index contributed by atoms with van der Waals surface area (Å²) >= 11 is 0. The van der Waals surface area contributed by atoms with Crippen molar-refractivity contribution in [3.05, 3.63) is 84.4 Å². The highest BCUT2D eigenvalue weighted by Crippen LogP contribution is 2.16. The van der Waals surface area contributed by atoms with Gasteiger partial charge in [0.15, 0.2) is 0 Å². The molecule has 0 aliphatic heterocycles. The fourth-order valence-electron chi connectivity index (χ4n) is 2.37. The minimum absolute atomic E-state index is 0.749. The third kappa shape index (κ3) is 3.79. The first-order valence-corrected chi connectivity index (χ1v) is 7.76. The maximum Gasteiger partial charge on any atom is 0.112 e. The van der Waals surface area contributed by atoms with Gasteiger partial charge in [-0.15, -0.1) is 0 Å². The van der Waals surface area contributed by atoms with Crippen LogP contribution in [-0.2, 0) is 0 Å². The predicted molar refractivity (Wildman–Crippen MR) is 98.7 cm³/mol. The van der Waals surface area contributed by atoms with Gasteiger partial charge in [-0.05, 0) is 38.1 Å². The highest BCUT2D eigenvalue weighted by Gasteiger charge is 2.11. The molecule has 1 aromatic heterocycles. The van der Waals surface area contributed by atoms with E-state index >= 15 is 0 Å². The second-order valence-corrected chi connectivity index (χ2v) is 5.32. The van der Waals surface area contributed by atoms with Gasteiger partial charge in [0.05, 0.1) is 22.8 Å². The van der Waals surface area contributed by atoms with E-state index in [2.05, 4.69) is 20.0 Å². The molecular weight excluding hydrogens is 296 g/mol. The molecule has 0 saturated carbocycles. The fraction of sp³-hybridized carbons (Fsp3) is 0.100. The van der Waals surface area contributed by atoms with Crippen LogP contribution < -0.4 is 0 Å². The van der Waals surface area contributed by atoms with E-state index in [1.807, 2.05) is 74.5 Å². The smallest absolute Gasteiger partial charge is 0.112 e. The first kappa shape index (κ1) is 15.7. The predicted octanol–water partition coefficient (Wildman–Crippen LogP) is 4.76. The summed E-state index contributed by atoms with van der Waals surface area (Å²) in [6, 6.07) is 19.6. The van der Waals surface area contributed by atoms with Crippen LogP contribution in [0.5, 0.6) is 0 Å². The zero-order valence-electron chi connectivity index (χ0n) is 13.7. The normalized spacial score (nSPS) is 12.2. The Labute approximate surface area is 141 Å². The third-order valence-corrected chi connectivity index (χ3v) is 3.49. The molecule has 4 nitrogen and oxygen atoms in total. The lowest BCUT2D eigenvalue weighted by Gasteiger charge is -2.07. The molecule has 0 aliphatic carbocycles. The molecule has 118 valence electrons. The first-order valence-electron chi connectivity index (χ1n) is 7.76. The maximum atomic E-state index is 4.64. The van der Waals surface area contributed by atoms with Crippen LogP contribution >= 0.6 is 0 Å². The summed E-state index contributed by atoms with van der Waals surface area (Å²) in [6.07, 6.45) is 3.36. The molecule has 0 spiro atoms. The standard InChI is InChI=1S/C20H18N4/c1-15(23-17-9-5-3-6-10-17)19-20(22-14-13-21-19)16(2)24-18-11-7-4-8-12-18/h3-14H,1-2H3. The molecule has 0 unspecified atom stereocenters. The summed E-state index contributed by atoms with van der Waals surface area (Å²) in [7, 11) is 0. The molecule has 0 radical (unpaired) electrons. The summed E-state index contributed by atoms with van der Waals surface area (Å²) in [5.74, 6) is 0. The average Bonchev–Trinajstić information content (AvgIpc) is 2.63. The molecule has 3 rings (SSSR count). The Kier molecular flexibility index (Phi) is 4.87. The van der Waals surface area contributed by atoms with Crippen molar-refractivity contribution in [1.29, 1.82) is 0 Å². The van der Waals surface area contributed by atoms with Crippen molar-refractivity contribution in [1.82, 2.24) is 9.97 Å². The maximum absolute atomic E-state index is 4.64. The highest BCUT2D eigenvalue weighted by atomic mass is 14.9. The third-order valence-electron chi connectivity index (χ3n) is 3.49. The van der Waals surface area contributed by atoms with Crippen LogP contribution in [0.25, 0.3) is 0 Å². The van der Waals surface area contributed by atoms with Crippen molar-refractivity contribution in [3.8, 4) is 0 Å². The van der Waals surface area contributed by atoms with E-state index in [-0.39, 0.29) is 0 Å². The van der Waals surface area contributed by atoms with Crippen molar-refractivity contribution in [2.45, 2.75) is 13.8 Å². The number of aliphatic imine (C=N–C) groups is 2. The van der Waals surface area contributed by atoms with E-state index in [9.17, 15) is 0 Å². The Hall–Kier alpha value is -3.14. The molecule has 1 heterocycles. The van der Waals surface area contributed by atoms with Crippen LogP contribution in [0.2, 0.25) is 0 Å². The van der Waals surface area contributed by atoms with Crippen molar-refractivity contribution in [3.63, 3.8) is 0 Å². The van der Waals surface area contributed by atoms with E-state index in [0.29, 0.717) is 0 Å². The number of para-hydroxylation sites is 2. The first-order chi connectivity index (χ1) is 11.7. The number of hydrogen-bond acceptors (Lipinski definition) is 4. The summed E-state index contributed by atoms with van der Waals surface area (Å²) in [4.78, 5) is 18.2. The fourth-order valence-corrected chi connectivity index (χ4v) is 2.37. The van der Waals surface area contributed by atoms with Crippen LogP contribution in [0.3, 0.4) is 0 Å². The minimum atomic E-state index is 0.749. The molecule has 0 saturated heterocycles. The molecule has 0 atom stereocenters. The molecule has 24 heavy (non-hydrogen) atoms. The van der Waals surface area contributed by atoms with Gasteiger partial charge in [0.25, 0.3) is 0 Å². The lowest BCUT2D eigenvalue weighted by Crippen LogP contribution is -2.10. The Morgan fingerprint density at radius 3 is 1.38 bits per heavy atom. The summed E-state index contributed by atoms with van der Waals surface area (Å²) in [5.41, 5.74) is 4.91. The lowest BCUT2D eigenvalue weighted by molar-refractivity contribution is 1.14. The van der Waals surface area contributed by atoms with Crippen LogP contribution in [0.15, 0.2) is 83.0 Å². The van der Waals surface area contributed by atoms with Crippen LogP contribution in [0, 0.1) is 0 Å². The Morgan fingerprint density at radius 2 is 1.00 bits per heavy atom. The molecule has 4 heteroatoms. The van der Waals surface area contributed by atoms with Gasteiger partial charge < -0.3 is 0 Å². The van der Waals surface area contributed by atoms with Crippen LogP contribution in [0.4, 0.5) is 11.4 Å². The number of nitrogens with zero attached hydrogens (tertiary/aromatic N) is 4. The molecule has 0 bridgehead atoms. The Bertz CT molecular complexity index is 794. The van der Waals surface area contributed by atoms with Crippen LogP contribution in [0.1, 0.15) is 25.2 Å². The zero-order valence-corrected chi connectivity index (χ0v) is 13.7. The van der Waals surface area contributed by atoms with Gasteiger partial charge in [-0.3, -0.25) is 20.0 Å². The number of hydrogen-bond donors (Lipinski definition) is 0. The largest absolute Gasteiger partial charge is 0.251 e. The van der Waals surface area contributed by atoms with Crippen LogP contribution in [-0.4, -0.2) is 21.4 Å². The van der Waals surface area contributed by atoms with Gasteiger partial charge in [-0.1, -0.05) is 36.4 Å². The minimum Gasteiger partial charge on any atom is -0.251 e. The van der Waals surface area contributed by atoms with Crippen molar-refractivity contribution in [2.24, 2.45) is 9.98 Å². The molecule has 2 aromatic carbocycles. The van der Waals surface area contributed by atoms with Gasteiger partial charge in [0.1, 0.15) is 11.4 Å². The molecular formula is C20H18N4. The van der Waals surface area contributed by atoms with Gasteiger partial charge in [-0.2, -0.15) is 0 Å². The average molecular weight is 314 g/mol. The van der Waals surface area contributed by atoms with E-state index < -0.39 is 0 Å². The molecule has 0 fully saturated rings. The van der Waals surface area contributed by atoms with E-state index in [4.69, 9.17) is 0 Å². The van der Waals surface area contributed by atoms with Gasteiger partial charge in [0, 0.05) is 12.4 Å². The van der Waals surface area contributed by atoms with Crippen molar-refractivity contribution < 1.29 is 0 Å². The number of benzene rings is 2. The van der Waals surface area contributed by atoms with Gasteiger partial charge >= 0.3 is 0 Å². The van der Waals surface area contributed by atoms with Gasteiger partial charge in [-0.25, -0.2) is 0 Å². The van der Waals surface area contributed by atoms with E-state index in [1.54, 1.807) is 12.4 Å². The molecule has 3 aromatic rings. The van der Waals surface area contributed by atoms with E-state index in [0.717, 1.165) is 34.2 Å². The van der Waals surface area contributed by atoms with Gasteiger partial charge in [0.2, 0.25) is 0 Å². The molecule has 0 amide bonds. The van der Waals surface area contributed by atoms with E-state index in [1.165, 1.54) is 0 Å². The summed E-state index contributed by atoms with van der Waals surface area (Å²) in [6.45, 7) is 3.88. The van der Waals surface area contributed by atoms with Crippen molar-refractivity contribution in [2.75, 3.05) is 0 Å². The molecule has 0 aliphatic rings. The summed E-state index contributed by atoms with van der Waals surface area (Å²) < 4.78 is 0. The topological polar surface area (TPSA) is 50.5 Å². The highest BCUT2D eigenvalue weighted by molar-refractivity contribution is 6.09. The number of rotatable bonds is 4. The second-order valence-electron chi connectivity index (χ2n) is 5.32. The zero-order chi connectivity index (χ0) is 16.8. The van der Waals surface area contributed by atoms with Crippen molar-refractivity contribution >= 4 is 22.8 Å². The Balaban J connectivity index is 1.99. The molecule has 0 N–H and O–H groups in total. The Morgan fingerprint density at radius 1 is 0.625 bits per heavy atom.